The number of imide groups is 2. The zero-order valence-corrected chi connectivity index (χ0v) is 55.7. The van der Waals surface area contributed by atoms with E-state index in [1.165, 1.54) is 29.2 Å². The molecule has 6 aliphatic heterocycles. The number of benzene rings is 5. The van der Waals surface area contributed by atoms with Crippen molar-refractivity contribution in [1.82, 2.24) is 4.90 Å². The number of amides is 4. The van der Waals surface area contributed by atoms with Gasteiger partial charge in [0.05, 0.1) is 81.2 Å². The first-order valence-corrected chi connectivity index (χ1v) is 33.0. The lowest BCUT2D eigenvalue weighted by Gasteiger charge is -2.33. The molecule has 12 unspecified atom stereocenters. The first-order valence-electron chi connectivity index (χ1n) is 33.0. The zero-order valence-electron chi connectivity index (χ0n) is 55.7. The predicted molar refractivity (Wildman–Crippen MR) is 352 cm³/mol. The third-order valence-corrected chi connectivity index (χ3v) is 19.2. The minimum absolute atomic E-state index is 0.0147. The number of rotatable bonds is 35. The van der Waals surface area contributed by atoms with Crippen LogP contribution in [-0.4, -0.2) is 181 Å². The van der Waals surface area contributed by atoms with Crippen LogP contribution in [0, 0.1) is 35.0 Å². The van der Waals surface area contributed by atoms with Gasteiger partial charge in [0.2, 0.25) is 23.6 Å². The van der Waals surface area contributed by atoms with Crippen molar-refractivity contribution in [2.75, 3.05) is 84.3 Å². The van der Waals surface area contributed by atoms with Crippen LogP contribution in [0.2, 0.25) is 0 Å². The standard InChI is InChI=1S/C75H90N2O19/c1-46(2)33-71(3,4)42-76-67(83)63-61-29-31-74(95-61,65(63)69(76)85)43-87-34-53(79)38-91-57-21-9-47(10-22-57)72(5,6)49-13-25-59(26-14-49)93-40-55(81)36-89-45-90-37-56(82)41-94-60-27-15-50(16-28-60)73(7,8)48-11-23-58(24-12-48)92-39-54(80)35-88-44-75-32-30-62(96-75)64-66(75)70(86)77(68(64)84)51-17-19-52(78)20-18-51/h9-32,46,53-56,61-66,78-82H,33-45H2,1-8H3. The number of fused-ring (bicyclic) bond motifs is 10. The van der Waals surface area contributed by atoms with Crippen LogP contribution in [0.15, 0.2) is 146 Å². The van der Waals surface area contributed by atoms with Crippen LogP contribution in [0.25, 0.3) is 0 Å². The van der Waals surface area contributed by atoms with Crippen LogP contribution in [0.3, 0.4) is 0 Å². The van der Waals surface area contributed by atoms with Crippen LogP contribution in [0.4, 0.5) is 5.69 Å². The Labute approximate surface area is 560 Å². The number of ether oxygens (including phenoxy) is 10. The molecule has 21 nitrogen and oxygen atoms in total. The molecule has 5 N–H and O–H groups in total. The highest BCUT2D eigenvalue weighted by Crippen LogP contribution is 2.54. The van der Waals surface area contributed by atoms with Gasteiger partial charge in [-0.2, -0.15) is 0 Å². The molecular weight excluding hydrogens is 1230 g/mol. The lowest BCUT2D eigenvalue weighted by Crippen LogP contribution is -2.46. The second kappa shape index (κ2) is 28.9. The van der Waals surface area contributed by atoms with Gasteiger partial charge < -0.3 is 72.9 Å². The van der Waals surface area contributed by atoms with Gasteiger partial charge in [-0.25, -0.2) is 4.90 Å². The minimum Gasteiger partial charge on any atom is -0.508 e. The van der Waals surface area contributed by atoms with Gasteiger partial charge in [0.15, 0.2) is 0 Å². The number of carbonyl (C=O) groups is 4. The van der Waals surface area contributed by atoms with E-state index in [1.54, 1.807) is 12.2 Å². The number of phenols is 1. The Balaban J connectivity index is 0.530. The van der Waals surface area contributed by atoms with E-state index in [2.05, 4.69) is 55.4 Å². The number of anilines is 1. The predicted octanol–water partition coefficient (Wildman–Crippen LogP) is 7.62. The number of carbonyl (C=O) groups excluding carboxylic acids is 4. The van der Waals surface area contributed by atoms with E-state index in [0.29, 0.717) is 41.1 Å². The molecule has 4 fully saturated rings. The third-order valence-electron chi connectivity index (χ3n) is 19.2. The number of aromatic hydroxyl groups is 1. The SMILES string of the molecule is CC(C)CC(C)(C)CN1C(=O)C2C3C=CC(COCC(O)COc4ccc(C(C)(C)c5ccc(OCC(O)COCOCC(O)COc6ccc(C(C)(C)c7ccc(OCC(O)COCC89C=CC(O8)C8C(=O)N(c%10ccc(O)cc%10)C(=O)C89)cc7)cc6)cc5)cc4)(O3)C2C1=O. The van der Waals surface area contributed by atoms with Crippen molar-refractivity contribution in [3.63, 3.8) is 0 Å². The summed E-state index contributed by atoms with van der Waals surface area (Å²) in [7, 11) is 0. The van der Waals surface area contributed by atoms with Crippen molar-refractivity contribution in [2.24, 2.45) is 35.0 Å². The van der Waals surface area contributed by atoms with E-state index in [0.717, 1.165) is 33.6 Å². The van der Waals surface area contributed by atoms with Crippen LogP contribution in [0.5, 0.6) is 28.7 Å². The molecule has 0 saturated carbocycles. The average Bonchev–Trinajstić information content (AvgIpc) is 1.55. The number of nitrogens with zero attached hydrogens (tertiary/aromatic N) is 2. The van der Waals surface area contributed by atoms with Gasteiger partial charge in [-0.15, -0.1) is 0 Å². The molecule has 0 radical (unpaired) electrons. The van der Waals surface area contributed by atoms with E-state index >= 15 is 0 Å². The maximum absolute atomic E-state index is 13.8. The first kappa shape index (κ1) is 69.8. The van der Waals surface area contributed by atoms with E-state index in [9.17, 15) is 44.7 Å². The molecule has 4 saturated heterocycles. The van der Waals surface area contributed by atoms with Crippen LogP contribution in [0.1, 0.15) is 84.1 Å². The molecule has 514 valence electrons. The van der Waals surface area contributed by atoms with Crippen molar-refractivity contribution in [1.29, 1.82) is 0 Å². The summed E-state index contributed by atoms with van der Waals surface area (Å²) in [4.78, 5) is 56.9. The number of phenolic OH excluding ortho intramolecular Hbond substituents is 1. The average molecular weight is 1320 g/mol. The number of aliphatic hydroxyl groups is 4. The second-order valence-electron chi connectivity index (χ2n) is 28.4. The van der Waals surface area contributed by atoms with E-state index in [-0.39, 0.29) is 107 Å². The number of hydrogen-bond acceptors (Lipinski definition) is 19. The van der Waals surface area contributed by atoms with Crippen LogP contribution in [-0.2, 0) is 58.4 Å². The Morgan fingerprint density at radius 3 is 1.19 bits per heavy atom. The Hall–Kier alpha value is -7.54. The molecule has 6 heterocycles. The summed E-state index contributed by atoms with van der Waals surface area (Å²) in [6, 6.07) is 36.5. The first-order chi connectivity index (χ1) is 45.8. The van der Waals surface area contributed by atoms with Crippen molar-refractivity contribution >= 4 is 29.3 Å². The van der Waals surface area contributed by atoms with Gasteiger partial charge in [0.25, 0.3) is 0 Å². The Kier molecular flexibility index (Phi) is 21.0. The lowest BCUT2D eigenvalue weighted by atomic mass is 9.77. The Morgan fingerprint density at radius 2 is 0.812 bits per heavy atom. The lowest BCUT2D eigenvalue weighted by molar-refractivity contribution is -0.148. The van der Waals surface area contributed by atoms with Gasteiger partial charge in [-0.3, -0.25) is 24.1 Å². The fourth-order valence-corrected chi connectivity index (χ4v) is 14.3. The molecule has 5 aromatic carbocycles. The molecule has 4 amide bonds. The largest absolute Gasteiger partial charge is 0.508 e. The van der Waals surface area contributed by atoms with Crippen molar-refractivity contribution < 1.29 is 92.1 Å². The van der Waals surface area contributed by atoms with Crippen molar-refractivity contribution in [2.45, 2.75) is 120 Å². The molecule has 21 heteroatoms. The maximum Gasteiger partial charge on any atom is 0.241 e. The molecule has 4 bridgehead atoms. The van der Waals surface area contributed by atoms with Gasteiger partial charge in [-0.05, 0) is 113 Å². The highest BCUT2D eigenvalue weighted by molar-refractivity contribution is 6.23. The second-order valence-corrected chi connectivity index (χ2v) is 28.4. The van der Waals surface area contributed by atoms with E-state index < -0.39 is 82.8 Å². The molecule has 11 rings (SSSR count). The molecule has 0 spiro atoms. The maximum atomic E-state index is 13.8. The van der Waals surface area contributed by atoms with Crippen LogP contribution >= 0.6 is 0 Å². The smallest absolute Gasteiger partial charge is 0.241 e. The number of likely N-dealkylation sites (tertiary alicyclic amines) is 1. The van der Waals surface area contributed by atoms with E-state index in [1.807, 2.05) is 109 Å². The summed E-state index contributed by atoms with van der Waals surface area (Å²) in [5.41, 5.74) is 1.30. The van der Waals surface area contributed by atoms with E-state index in [4.69, 9.17) is 47.4 Å². The normalized spacial score (nSPS) is 24.7. The summed E-state index contributed by atoms with van der Waals surface area (Å²) < 4.78 is 58.8. The topological polar surface area (TPSA) is 268 Å². The highest BCUT2D eigenvalue weighted by atomic mass is 16.7. The minimum atomic E-state index is -1.14. The molecule has 5 aromatic rings. The van der Waals surface area contributed by atoms with Gasteiger partial charge in [0, 0.05) is 17.4 Å². The fourth-order valence-electron chi connectivity index (χ4n) is 14.3. The van der Waals surface area contributed by atoms with Crippen LogP contribution < -0.4 is 23.8 Å². The van der Waals surface area contributed by atoms with Gasteiger partial charge in [0.1, 0.15) is 97.6 Å². The summed E-state index contributed by atoms with van der Waals surface area (Å²) in [5, 5.41) is 52.5. The molecule has 6 aliphatic rings. The molecule has 0 aromatic heterocycles. The third kappa shape index (κ3) is 15.1. The zero-order chi connectivity index (χ0) is 68.3. The fraction of sp³-hybridized carbons (Fsp3) is 0.493. The summed E-state index contributed by atoms with van der Waals surface area (Å²) in [5.74, 6) is -1.10. The highest BCUT2D eigenvalue weighted by Gasteiger charge is 2.69. The molecule has 96 heavy (non-hydrogen) atoms. The molecule has 12 atom stereocenters. The number of aliphatic hydroxyl groups excluding tert-OH is 4. The summed E-state index contributed by atoms with van der Waals surface area (Å²) in [6.45, 7) is 16.7. The van der Waals surface area contributed by atoms with Gasteiger partial charge in [-0.1, -0.05) is 128 Å². The van der Waals surface area contributed by atoms with Crippen molar-refractivity contribution in [3.8, 4) is 28.7 Å². The summed E-state index contributed by atoms with van der Waals surface area (Å²) >= 11 is 0. The molecular formula is C75H90N2O19. The van der Waals surface area contributed by atoms with Gasteiger partial charge >= 0.3 is 0 Å². The summed E-state index contributed by atoms with van der Waals surface area (Å²) in [6.07, 6.45) is 3.28. The Morgan fingerprint density at radius 1 is 0.458 bits per heavy atom. The number of hydrogen-bond donors (Lipinski definition) is 5. The Bertz CT molecular complexity index is 3570. The molecule has 0 aliphatic carbocycles. The van der Waals surface area contributed by atoms with Crippen molar-refractivity contribution in [3.05, 3.63) is 168 Å². The monoisotopic (exact) mass is 1320 g/mol. The quantitative estimate of drug-likeness (QED) is 0.0113.